The Morgan fingerprint density at radius 1 is 1.31 bits per heavy atom. The number of piperazine rings is 1. The number of aromatic nitrogens is 1. The summed E-state index contributed by atoms with van der Waals surface area (Å²) in [6, 6.07) is 2.96. The molecule has 0 radical (unpaired) electrons. The number of alkyl halides is 3. The molecular formula is C17H22F3N3O3. The Labute approximate surface area is 149 Å². The van der Waals surface area contributed by atoms with Crippen LogP contribution in [0.5, 0.6) is 5.88 Å². The fourth-order valence-corrected chi connectivity index (χ4v) is 3.20. The van der Waals surface area contributed by atoms with Gasteiger partial charge in [0.1, 0.15) is 5.56 Å². The predicted molar refractivity (Wildman–Crippen MR) is 87.1 cm³/mol. The van der Waals surface area contributed by atoms with Crippen molar-refractivity contribution in [1.82, 2.24) is 14.8 Å². The number of nitrogens with zero attached hydrogens (tertiary/aromatic N) is 3. The number of carbonyl (C=O) groups excluding carboxylic acids is 1. The van der Waals surface area contributed by atoms with Gasteiger partial charge in [0.05, 0.1) is 6.10 Å². The monoisotopic (exact) mass is 373 g/mol. The summed E-state index contributed by atoms with van der Waals surface area (Å²) in [7, 11) is 0. The van der Waals surface area contributed by atoms with E-state index >= 15 is 0 Å². The molecule has 9 heteroatoms. The maximum atomic E-state index is 12.7. The van der Waals surface area contributed by atoms with Crippen LogP contribution in [0.4, 0.5) is 13.2 Å². The summed E-state index contributed by atoms with van der Waals surface area (Å²) in [4.78, 5) is 20.3. The van der Waals surface area contributed by atoms with Gasteiger partial charge in [0.2, 0.25) is 5.88 Å². The van der Waals surface area contributed by atoms with Gasteiger partial charge in [-0.05, 0) is 25.0 Å². The highest BCUT2D eigenvalue weighted by molar-refractivity contribution is 5.96. The van der Waals surface area contributed by atoms with Gasteiger partial charge in [0, 0.05) is 45.5 Å². The van der Waals surface area contributed by atoms with Gasteiger partial charge < -0.3 is 14.4 Å². The molecule has 2 fully saturated rings. The number of pyridine rings is 1. The average molecular weight is 373 g/mol. The number of amides is 1. The average Bonchev–Trinajstić information content (AvgIpc) is 3.13. The predicted octanol–water partition coefficient (Wildman–Crippen LogP) is 1.96. The third-order valence-corrected chi connectivity index (χ3v) is 4.52. The van der Waals surface area contributed by atoms with Crippen molar-refractivity contribution in [2.24, 2.45) is 0 Å². The zero-order chi connectivity index (χ0) is 18.6. The van der Waals surface area contributed by atoms with Crippen LogP contribution in [0.3, 0.4) is 0 Å². The highest BCUT2D eigenvalue weighted by atomic mass is 19.4. The van der Waals surface area contributed by atoms with Gasteiger partial charge >= 0.3 is 6.18 Å². The maximum absolute atomic E-state index is 12.7. The Hall–Kier alpha value is -1.87. The molecule has 1 amide bonds. The highest BCUT2D eigenvalue weighted by Gasteiger charge is 2.31. The Morgan fingerprint density at radius 2 is 2.08 bits per heavy atom. The molecule has 0 aliphatic carbocycles. The van der Waals surface area contributed by atoms with Gasteiger partial charge in [0.15, 0.2) is 6.61 Å². The standard InChI is InChI=1S/C17H22F3N3O3/c18-17(19,20)12-26-15-14(4-1-5-21-15)16(24)23-8-6-22(7-9-23)11-13-3-2-10-25-13/h1,4-5,13H,2-3,6-12H2. The number of halogens is 3. The summed E-state index contributed by atoms with van der Waals surface area (Å²) >= 11 is 0. The van der Waals surface area contributed by atoms with E-state index in [4.69, 9.17) is 9.47 Å². The second kappa shape index (κ2) is 8.22. The first-order valence-corrected chi connectivity index (χ1v) is 8.70. The number of hydrogen-bond donors (Lipinski definition) is 0. The zero-order valence-corrected chi connectivity index (χ0v) is 14.4. The zero-order valence-electron chi connectivity index (χ0n) is 14.4. The minimum Gasteiger partial charge on any atom is -0.467 e. The van der Waals surface area contributed by atoms with Crippen molar-refractivity contribution < 1.29 is 27.4 Å². The number of hydrogen-bond acceptors (Lipinski definition) is 5. The minimum absolute atomic E-state index is 0.0596. The van der Waals surface area contributed by atoms with E-state index in [0.29, 0.717) is 26.2 Å². The SMILES string of the molecule is O=C(c1cccnc1OCC(F)(F)F)N1CCN(CC2CCCO2)CC1. The summed E-state index contributed by atoms with van der Waals surface area (Å²) in [5, 5.41) is 0. The van der Waals surface area contributed by atoms with Crippen molar-refractivity contribution in [1.29, 1.82) is 0 Å². The van der Waals surface area contributed by atoms with Crippen LogP contribution in [0.2, 0.25) is 0 Å². The van der Waals surface area contributed by atoms with E-state index < -0.39 is 12.8 Å². The Kier molecular flexibility index (Phi) is 5.98. The molecule has 0 N–H and O–H groups in total. The Morgan fingerprint density at radius 3 is 2.73 bits per heavy atom. The van der Waals surface area contributed by atoms with E-state index in [-0.39, 0.29) is 23.5 Å². The first-order chi connectivity index (χ1) is 12.4. The van der Waals surface area contributed by atoms with Crippen molar-refractivity contribution >= 4 is 5.91 Å². The third kappa shape index (κ3) is 5.07. The molecule has 1 atom stereocenters. The second-order valence-electron chi connectivity index (χ2n) is 6.49. The topological polar surface area (TPSA) is 54.9 Å². The smallest absolute Gasteiger partial charge is 0.422 e. The van der Waals surface area contributed by atoms with E-state index in [1.807, 2.05) is 0 Å². The number of ether oxygens (including phenoxy) is 2. The number of carbonyl (C=O) groups is 1. The van der Waals surface area contributed by atoms with Crippen LogP contribution < -0.4 is 4.74 Å². The fourth-order valence-electron chi connectivity index (χ4n) is 3.20. The lowest BCUT2D eigenvalue weighted by Gasteiger charge is -2.35. The van der Waals surface area contributed by atoms with Crippen molar-refractivity contribution in [3.8, 4) is 5.88 Å². The van der Waals surface area contributed by atoms with Crippen molar-refractivity contribution in [3.63, 3.8) is 0 Å². The van der Waals surface area contributed by atoms with Crippen LogP contribution in [0, 0.1) is 0 Å². The summed E-state index contributed by atoms with van der Waals surface area (Å²) in [5.74, 6) is -0.636. The molecule has 1 aromatic heterocycles. The lowest BCUT2D eigenvalue weighted by molar-refractivity contribution is -0.154. The van der Waals surface area contributed by atoms with Crippen molar-refractivity contribution in [3.05, 3.63) is 23.9 Å². The highest BCUT2D eigenvalue weighted by Crippen LogP contribution is 2.22. The molecule has 2 aliphatic rings. The minimum atomic E-state index is -4.48. The van der Waals surface area contributed by atoms with Crippen molar-refractivity contribution in [2.75, 3.05) is 45.9 Å². The third-order valence-electron chi connectivity index (χ3n) is 4.52. The van der Waals surface area contributed by atoms with Crippen LogP contribution in [0.25, 0.3) is 0 Å². The van der Waals surface area contributed by atoms with E-state index in [9.17, 15) is 18.0 Å². The van der Waals surface area contributed by atoms with Crippen LogP contribution in [0.15, 0.2) is 18.3 Å². The van der Waals surface area contributed by atoms with Gasteiger partial charge in [-0.1, -0.05) is 0 Å². The van der Waals surface area contributed by atoms with Crippen LogP contribution in [0.1, 0.15) is 23.2 Å². The summed E-state index contributed by atoms with van der Waals surface area (Å²) in [6.45, 7) is 2.65. The Bertz CT molecular complexity index is 613. The first-order valence-electron chi connectivity index (χ1n) is 8.70. The molecule has 6 nitrogen and oxygen atoms in total. The van der Waals surface area contributed by atoms with E-state index in [2.05, 4.69) is 9.88 Å². The molecule has 0 bridgehead atoms. The summed E-state index contributed by atoms with van der Waals surface area (Å²) in [5.41, 5.74) is 0.0596. The fraction of sp³-hybridized carbons (Fsp3) is 0.647. The maximum Gasteiger partial charge on any atom is 0.422 e. The van der Waals surface area contributed by atoms with Gasteiger partial charge in [-0.25, -0.2) is 4.98 Å². The molecular weight excluding hydrogens is 351 g/mol. The quantitative estimate of drug-likeness (QED) is 0.790. The van der Waals surface area contributed by atoms with E-state index in [1.54, 1.807) is 4.90 Å². The Balaban J connectivity index is 1.56. The normalized spacial score (nSPS) is 21.8. The van der Waals surface area contributed by atoms with Crippen LogP contribution in [-0.4, -0.2) is 78.9 Å². The summed E-state index contributed by atoms with van der Waals surface area (Å²) in [6.07, 6.45) is -0.758. The molecule has 0 spiro atoms. The molecule has 1 aromatic rings. The second-order valence-corrected chi connectivity index (χ2v) is 6.49. The lowest BCUT2D eigenvalue weighted by atomic mass is 10.2. The molecule has 0 saturated carbocycles. The van der Waals surface area contributed by atoms with Crippen LogP contribution >= 0.6 is 0 Å². The van der Waals surface area contributed by atoms with Gasteiger partial charge in [-0.2, -0.15) is 13.2 Å². The van der Waals surface area contributed by atoms with Crippen LogP contribution in [-0.2, 0) is 4.74 Å². The lowest BCUT2D eigenvalue weighted by Crippen LogP contribution is -2.50. The summed E-state index contributed by atoms with van der Waals surface area (Å²) < 4.78 is 47.5. The largest absolute Gasteiger partial charge is 0.467 e. The molecule has 0 aromatic carbocycles. The number of rotatable bonds is 5. The molecule has 2 aliphatic heterocycles. The molecule has 26 heavy (non-hydrogen) atoms. The van der Waals surface area contributed by atoms with E-state index in [0.717, 1.165) is 26.0 Å². The van der Waals surface area contributed by atoms with Gasteiger partial charge in [0.25, 0.3) is 5.91 Å². The van der Waals surface area contributed by atoms with Crippen molar-refractivity contribution in [2.45, 2.75) is 25.1 Å². The molecule has 3 rings (SSSR count). The van der Waals surface area contributed by atoms with Gasteiger partial charge in [-0.15, -0.1) is 0 Å². The molecule has 1 unspecified atom stereocenters. The van der Waals surface area contributed by atoms with E-state index in [1.165, 1.54) is 18.3 Å². The van der Waals surface area contributed by atoms with Gasteiger partial charge in [-0.3, -0.25) is 9.69 Å². The molecule has 144 valence electrons. The molecule has 3 heterocycles. The molecule has 2 saturated heterocycles. The first kappa shape index (κ1) is 18.9.